The van der Waals surface area contributed by atoms with Gasteiger partial charge in [-0.15, -0.1) is 11.3 Å². The number of hydrogen-bond acceptors (Lipinski definition) is 6. The minimum Gasteiger partial charge on any atom is -0.496 e. The molecule has 2 N–H and O–H groups in total. The third-order valence-corrected chi connectivity index (χ3v) is 5.89. The Morgan fingerprint density at radius 3 is 2.62 bits per heavy atom. The summed E-state index contributed by atoms with van der Waals surface area (Å²) in [5.41, 5.74) is 0.814. The Morgan fingerprint density at radius 1 is 1.17 bits per heavy atom. The van der Waals surface area contributed by atoms with E-state index in [4.69, 9.17) is 9.47 Å². The maximum absolute atomic E-state index is 12.5. The first kappa shape index (κ1) is 21.3. The van der Waals surface area contributed by atoms with Crippen molar-refractivity contribution in [3.63, 3.8) is 0 Å². The van der Waals surface area contributed by atoms with Crippen molar-refractivity contribution in [3.8, 4) is 5.75 Å². The molecule has 0 aliphatic carbocycles. The minimum absolute atomic E-state index is 0.00451. The lowest BCUT2D eigenvalue weighted by Crippen LogP contribution is -2.51. The van der Waals surface area contributed by atoms with Crippen LogP contribution in [-0.4, -0.2) is 56.2 Å². The molecule has 0 unspecified atom stereocenters. The van der Waals surface area contributed by atoms with E-state index in [0.717, 1.165) is 23.5 Å². The van der Waals surface area contributed by atoms with Gasteiger partial charge in [-0.05, 0) is 24.4 Å². The fourth-order valence-corrected chi connectivity index (χ4v) is 4.48. The first-order chi connectivity index (χ1) is 14.1. The van der Waals surface area contributed by atoms with E-state index in [1.165, 1.54) is 0 Å². The Hall–Kier alpha value is -2.42. The molecular formula is C21H27N3O4S. The van der Waals surface area contributed by atoms with Crippen LogP contribution in [0.15, 0.2) is 41.8 Å². The topological polar surface area (TPSA) is 79.9 Å². The smallest absolute Gasteiger partial charge is 0.309 e. The van der Waals surface area contributed by atoms with Crippen molar-refractivity contribution in [1.29, 1.82) is 0 Å². The molecule has 1 fully saturated rings. The lowest BCUT2D eigenvalue weighted by atomic mass is 10.1. The molecule has 1 aromatic heterocycles. The van der Waals surface area contributed by atoms with Crippen molar-refractivity contribution in [2.45, 2.75) is 25.6 Å². The van der Waals surface area contributed by atoms with Crippen LogP contribution in [0.25, 0.3) is 0 Å². The highest BCUT2D eigenvalue weighted by molar-refractivity contribution is 7.10. The molecular weight excluding hydrogens is 390 g/mol. The monoisotopic (exact) mass is 417 g/mol. The van der Waals surface area contributed by atoms with Gasteiger partial charge in [-0.3, -0.25) is 14.5 Å². The zero-order chi connectivity index (χ0) is 20.6. The Balaban J connectivity index is 1.60. The molecule has 1 saturated heterocycles. The van der Waals surface area contributed by atoms with Gasteiger partial charge in [0.05, 0.1) is 26.4 Å². The Morgan fingerprint density at radius 2 is 1.93 bits per heavy atom. The average Bonchev–Trinajstić information content (AvgIpc) is 3.27. The van der Waals surface area contributed by atoms with Crippen LogP contribution in [0.2, 0.25) is 0 Å². The van der Waals surface area contributed by atoms with Crippen LogP contribution in [0.5, 0.6) is 5.75 Å². The molecule has 0 saturated carbocycles. The molecule has 1 aliphatic heterocycles. The van der Waals surface area contributed by atoms with Crippen molar-refractivity contribution >= 4 is 23.2 Å². The standard InChI is InChI=1S/C21H27N3O4S/c1-15(19(18-8-5-13-29-18)24-9-11-28-12-10-24)23-21(26)20(25)22-14-16-6-3-4-7-17(16)27-2/h3-8,13,15,19H,9-12,14H2,1-2H3,(H,22,25)(H,23,26)/t15-,19+/m0/s1. The van der Waals surface area contributed by atoms with Crippen molar-refractivity contribution < 1.29 is 19.1 Å². The number of benzene rings is 1. The fourth-order valence-electron chi connectivity index (χ4n) is 3.51. The molecule has 0 bridgehead atoms. The van der Waals surface area contributed by atoms with Crippen LogP contribution in [-0.2, 0) is 20.9 Å². The minimum atomic E-state index is -0.658. The number of nitrogens with zero attached hydrogens (tertiary/aromatic N) is 1. The molecule has 0 radical (unpaired) electrons. The summed E-state index contributed by atoms with van der Waals surface area (Å²) in [6.45, 7) is 5.09. The summed E-state index contributed by atoms with van der Waals surface area (Å²) in [6, 6.07) is 11.2. The van der Waals surface area contributed by atoms with Crippen LogP contribution >= 0.6 is 11.3 Å². The third kappa shape index (κ3) is 5.56. The zero-order valence-electron chi connectivity index (χ0n) is 16.7. The second-order valence-electron chi connectivity index (χ2n) is 6.87. The van der Waals surface area contributed by atoms with Gasteiger partial charge < -0.3 is 20.1 Å². The first-order valence-corrected chi connectivity index (χ1v) is 10.5. The molecule has 7 nitrogen and oxygen atoms in total. The van der Waals surface area contributed by atoms with Gasteiger partial charge in [-0.1, -0.05) is 24.3 Å². The maximum Gasteiger partial charge on any atom is 0.309 e. The molecule has 29 heavy (non-hydrogen) atoms. The molecule has 2 amide bonds. The van der Waals surface area contributed by atoms with Crippen molar-refractivity contribution in [3.05, 3.63) is 52.2 Å². The summed E-state index contributed by atoms with van der Waals surface area (Å²) >= 11 is 1.65. The van der Waals surface area contributed by atoms with E-state index in [1.807, 2.05) is 42.6 Å². The van der Waals surface area contributed by atoms with Crippen molar-refractivity contribution in [2.75, 3.05) is 33.4 Å². The SMILES string of the molecule is COc1ccccc1CNC(=O)C(=O)N[C@@H](C)[C@H](c1cccs1)N1CCOCC1. The number of hydrogen-bond donors (Lipinski definition) is 2. The van der Waals surface area contributed by atoms with E-state index in [0.29, 0.717) is 19.0 Å². The average molecular weight is 418 g/mol. The lowest BCUT2D eigenvalue weighted by Gasteiger charge is -2.37. The van der Waals surface area contributed by atoms with E-state index >= 15 is 0 Å². The number of methoxy groups -OCH3 is 1. The normalized spacial score (nSPS) is 16.6. The second kappa shape index (κ2) is 10.4. The Labute approximate surface area is 175 Å². The van der Waals surface area contributed by atoms with Crippen LogP contribution in [0.4, 0.5) is 0 Å². The van der Waals surface area contributed by atoms with E-state index in [2.05, 4.69) is 21.6 Å². The number of ether oxygens (including phenoxy) is 2. The van der Waals surface area contributed by atoms with Crippen LogP contribution in [0.3, 0.4) is 0 Å². The molecule has 1 aromatic carbocycles. The number of morpholine rings is 1. The number of rotatable bonds is 7. The number of amides is 2. The Kier molecular flexibility index (Phi) is 7.62. The summed E-state index contributed by atoms with van der Waals surface area (Å²) < 4.78 is 10.7. The van der Waals surface area contributed by atoms with Gasteiger partial charge in [0.1, 0.15) is 5.75 Å². The predicted octanol–water partition coefficient (Wildman–Crippen LogP) is 1.95. The maximum atomic E-state index is 12.5. The van der Waals surface area contributed by atoms with Gasteiger partial charge in [0, 0.05) is 36.1 Å². The fraction of sp³-hybridized carbons (Fsp3) is 0.429. The van der Waals surface area contributed by atoms with E-state index < -0.39 is 11.8 Å². The molecule has 3 rings (SSSR count). The summed E-state index contributed by atoms with van der Waals surface area (Å²) in [5.74, 6) is -0.622. The highest BCUT2D eigenvalue weighted by Gasteiger charge is 2.30. The predicted molar refractivity (Wildman–Crippen MR) is 112 cm³/mol. The molecule has 2 heterocycles. The van der Waals surface area contributed by atoms with Crippen molar-refractivity contribution in [2.24, 2.45) is 0 Å². The lowest BCUT2D eigenvalue weighted by molar-refractivity contribution is -0.140. The van der Waals surface area contributed by atoms with Gasteiger partial charge in [-0.25, -0.2) is 0 Å². The van der Waals surface area contributed by atoms with Gasteiger partial charge in [0.2, 0.25) is 0 Å². The molecule has 0 spiro atoms. The van der Waals surface area contributed by atoms with Gasteiger partial charge in [0.15, 0.2) is 0 Å². The van der Waals surface area contributed by atoms with E-state index in [-0.39, 0.29) is 18.6 Å². The van der Waals surface area contributed by atoms with Crippen LogP contribution in [0, 0.1) is 0 Å². The highest BCUT2D eigenvalue weighted by Crippen LogP contribution is 2.29. The van der Waals surface area contributed by atoms with Gasteiger partial charge in [-0.2, -0.15) is 0 Å². The van der Waals surface area contributed by atoms with Gasteiger partial charge in [0.25, 0.3) is 0 Å². The number of thiophene rings is 1. The zero-order valence-corrected chi connectivity index (χ0v) is 17.5. The van der Waals surface area contributed by atoms with Crippen molar-refractivity contribution in [1.82, 2.24) is 15.5 Å². The van der Waals surface area contributed by atoms with Crippen LogP contribution < -0.4 is 15.4 Å². The number of nitrogens with one attached hydrogen (secondary N) is 2. The quantitative estimate of drug-likeness (QED) is 0.673. The Bertz CT molecular complexity index is 806. The molecule has 2 atom stereocenters. The highest BCUT2D eigenvalue weighted by atomic mass is 32.1. The summed E-state index contributed by atoms with van der Waals surface area (Å²) in [6.07, 6.45) is 0. The molecule has 2 aromatic rings. The van der Waals surface area contributed by atoms with E-state index in [9.17, 15) is 9.59 Å². The largest absolute Gasteiger partial charge is 0.496 e. The third-order valence-electron chi connectivity index (χ3n) is 4.94. The second-order valence-corrected chi connectivity index (χ2v) is 7.84. The molecule has 8 heteroatoms. The molecule has 156 valence electrons. The summed E-state index contributed by atoms with van der Waals surface area (Å²) in [7, 11) is 1.57. The number of carbonyl (C=O) groups is 2. The van der Waals surface area contributed by atoms with E-state index in [1.54, 1.807) is 18.4 Å². The summed E-state index contributed by atoms with van der Waals surface area (Å²) in [5, 5.41) is 7.57. The number of para-hydroxylation sites is 1. The first-order valence-electron chi connectivity index (χ1n) is 9.66. The van der Waals surface area contributed by atoms with Crippen LogP contribution in [0.1, 0.15) is 23.4 Å². The molecule has 1 aliphatic rings. The number of carbonyl (C=O) groups excluding carboxylic acids is 2. The summed E-state index contributed by atoms with van der Waals surface area (Å²) in [4.78, 5) is 28.3. The van der Waals surface area contributed by atoms with Gasteiger partial charge >= 0.3 is 11.8 Å².